The summed E-state index contributed by atoms with van der Waals surface area (Å²) in [5.41, 5.74) is -0.729. The van der Waals surface area contributed by atoms with E-state index in [1.165, 1.54) is 18.2 Å². The van der Waals surface area contributed by atoms with Crippen molar-refractivity contribution in [1.29, 1.82) is 0 Å². The van der Waals surface area contributed by atoms with E-state index in [0.717, 1.165) is 6.08 Å². The second-order valence-corrected chi connectivity index (χ2v) is 5.32. The van der Waals surface area contributed by atoms with Gasteiger partial charge in [-0.1, -0.05) is 32.0 Å². The molecular formula is C15H15F3O4. The molecule has 0 spiro atoms. The summed E-state index contributed by atoms with van der Waals surface area (Å²) in [5.74, 6) is -5.35. The minimum Gasteiger partial charge on any atom is -0.478 e. The van der Waals surface area contributed by atoms with E-state index in [4.69, 9.17) is 9.47 Å². The Morgan fingerprint density at radius 2 is 2.00 bits per heavy atom. The zero-order valence-corrected chi connectivity index (χ0v) is 12.0. The highest BCUT2D eigenvalue weighted by Gasteiger charge is 2.65. The van der Waals surface area contributed by atoms with E-state index in [2.05, 4.69) is 0 Å². The highest BCUT2D eigenvalue weighted by atomic mass is 19.4. The standard InChI is InChI=1S/C15H15F3O4/c1-9(2)8-21-14(15(16,17)18)11(13(19)20)7-10-5-3-4-6-12(10)22-14/h3-7,9H,8H2,1-2H3,(H,19,20)/t14-/m0/s1. The topological polar surface area (TPSA) is 55.8 Å². The number of ether oxygens (including phenoxy) is 2. The Morgan fingerprint density at radius 3 is 2.55 bits per heavy atom. The molecule has 1 N–H and O–H groups in total. The molecule has 0 saturated carbocycles. The smallest absolute Gasteiger partial charge is 0.460 e. The first kappa shape index (κ1) is 16.4. The molecule has 1 aromatic rings. The van der Waals surface area contributed by atoms with E-state index in [1.54, 1.807) is 19.9 Å². The Kier molecular flexibility index (Phi) is 4.19. The Hall–Kier alpha value is -2.02. The van der Waals surface area contributed by atoms with Crippen LogP contribution in [0, 0.1) is 5.92 Å². The Bertz CT molecular complexity index is 607. The third-order valence-electron chi connectivity index (χ3n) is 3.05. The molecule has 0 fully saturated rings. The number of fused-ring (bicyclic) bond motifs is 1. The van der Waals surface area contributed by atoms with Gasteiger partial charge in [0.2, 0.25) is 0 Å². The van der Waals surface area contributed by atoms with Gasteiger partial charge >= 0.3 is 17.9 Å². The lowest BCUT2D eigenvalue weighted by molar-refractivity contribution is -0.335. The summed E-state index contributed by atoms with van der Waals surface area (Å²) in [6.45, 7) is 3.02. The number of carbonyl (C=O) groups is 1. The fourth-order valence-corrected chi connectivity index (χ4v) is 2.04. The number of carboxylic acids is 1. The number of aliphatic carboxylic acids is 1. The summed E-state index contributed by atoms with van der Waals surface area (Å²) in [4.78, 5) is 11.3. The highest BCUT2D eigenvalue weighted by molar-refractivity contribution is 5.95. The number of rotatable bonds is 4. The molecule has 1 atom stereocenters. The molecule has 7 heteroatoms. The van der Waals surface area contributed by atoms with Gasteiger partial charge in [0.25, 0.3) is 0 Å². The van der Waals surface area contributed by atoms with E-state index in [9.17, 15) is 23.1 Å². The minimum absolute atomic E-state index is 0.0754. The van der Waals surface area contributed by atoms with Crippen LogP contribution in [-0.4, -0.2) is 29.6 Å². The maximum atomic E-state index is 13.6. The quantitative estimate of drug-likeness (QED) is 0.924. The van der Waals surface area contributed by atoms with E-state index in [0.29, 0.717) is 0 Å². The number of hydrogen-bond acceptors (Lipinski definition) is 3. The molecule has 22 heavy (non-hydrogen) atoms. The number of halogens is 3. The van der Waals surface area contributed by atoms with Crippen LogP contribution in [0.1, 0.15) is 19.4 Å². The van der Waals surface area contributed by atoms with Crippen LogP contribution < -0.4 is 4.74 Å². The number of benzene rings is 1. The van der Waals surface area contributed by atoms with Crippen LogP contribution in [0.3, 0.4) is 0 Å². The largest absolute Gasteiger partial charge is 0.478 e. The Morgan fingerprint density at radius 1 is 1.36 bits per heavy atom. The number of carboxylic acid groups (broad SMARTS) is 1. The van der Waals surface area contributed by atoms with Gasteiger partial charge < -0.3 is 14.6 Å². The summed E-state index contributed by atoms with van der Waals surface area (Å²) in [7, 11) is 0. The molecule has 2 rings (SSSR count). The van der Waals surface area contributed by atoms with Crippen LogP contribution in [0.25, 0.3) is 6.08 Å². The van der Waals surface area contributed by atoms with Gasteiger partial charge in [0.1, 0.15) is 11.3 Å². The number of hydrogen-bond donors (Lipinski definition) is 1. The van der Waals surface area contributed by atoms with Crippen LogP contribution in [0.5, 0.6) is 5.75 Å². The molecule has 0 bridgehead atoms. The van der Waals surface area contributed by atoms with Crippen LogP contribution in [0.4, 0.5) is 13.2 Å². The normalized spacial score (nSPS) is 21.1. The molecule has 1 aliphatic rings. The second-order valence-electron chi connectivity index (χ2n) is 5.32. The second kappa shape index (κ2) is 5.64. The van der Waals surface area contributed by atoms with Crippen LogP contribution in [-0.2, 0) is 9.53 Å². The lowest BCUT2D eigenvalue weighted by Gasteiger charge is -2.38. The first-order chi connectivity index (χ1) is 10.2. The predicted octanol–water partition coefficient (Wildman–Crippen LogP) is 3.48. The molecule has 120 valence electrons. The molecule has 0 saturated heterocycles. The van der Waals surface area contributed by atoms with Gasteiger partial charge in [0.15, 0.2) is 0 Å². The van der Waals surface area contributed by atoms with E-state index in [1.807, 2.05) is 0 Å². The van der Waals surface area contributed by atoms with Crippen molar-refractivity contribution in [3.05, 3.63) is 35.4 Å². The molecule has 1 aromatic carbocycles. The molecule has 1 aliphatic heterocycles. The number of alkyl halides is 3. The third kappa shape index (κ3) is 2.81. The fourth-order valence-electron chi connectivity index (χ4n) is 2.04. The van der Waals surface area contributed by atoms with Crippen LogP contribution >= 0.6 is 0 Å². The summed E-state index contributed by atoms with van der Waals surface area (Å²) < 4.78 is 50.7. The average Bonchev–Trinajstić information content (AvgIpc) is 2.42. The SMILES string of the molecule is CC(C)CO[C@]1(C(F)(F)F)Oc2ccccc2C=C1C(=O)O. The fraction of sp³-hybridized carbons (Fsp3) is 0.400. The number of para-hydroxylation sites is 1. The monoisotopic (exact) mass is 316 g/mol. The van der Waals surface area contributed by atoms with Crippen molar-refractivity contribution in [1.82, 2.24) is 0 Å². The van der Waals surface area contributed by atoms with Gasteiger partial charge in [0.05, 0.1) is 6.61 Å². The maximum Gasteiger partial charge on any atom is 0.460 e. The van der Waals surface area contributed by atoms with E-state index in [-0.39, 0.29) is 23.8 Å². The predicted molar refractivity (Wildman–Crippen MR) is 72.3 cm³/mol. The maximum absolute atomic E-state index is 13.6. The van der Waals surface area contributed by atoms with Gasteiger partial charge in [-0.15, -0.1) is 0 Å². The van der Waals surface area contributed by atoms with Crippen molar-refractivity contribution in [2.45, 2.75) is 25.8 Å². The van der Waals surface area contributed by atoms with Crippen molar-refractivity contribution in [2.75, 3.05) is 6.61 Å². The van der Waals surface area contributed by atoms with Crippen molar-refractivity contribution >= 4 is 12.0 Å². The van der Waals surface area contributed by atoms with Gasteiger partial charge in [-0.3, -0.25) is 0 Å². The molecule has 4 nitrogen and oxygen atoms in total. The van der Waals surface area contributed by atoms with E-state index < -0.39 is 23.5 Å². The molecule has 1 heterocycles. The van der Waals surface area contributed by atoms with Gasteiger partial charge in [-0.05, 0) is 18.1 Å². The molecule has 0 unspecified atom stereocenters. The molecule has 0 aromatic heterocycles. The molecule has 0 aliphatic carbocycles. The molecule has 0 radical (unpaired) electrons. The zero-order chi connectivity index (χ0) is 16.5. The first-order valence-corrected chi connectivity index (χ1v) is 6.61. The summed E-state index contributed by atoms with van der Waals surface area (Å²) in [6.07, 6.45) is -4.10. The van der Waals surface area contributed by atoms with Crippen molar-refractivity contribution in [3.8, 4) is 5.75 Å². The average molecular weight is 316 g/mol. The summed E-state index contributed by atoms with van der Waals surface area (Å²) in [5, 5.41) is 9.20. The zero-order valence-electron chi connectivity index (χ0n) is 12.0. The van der Waals surface area contributed by atoms with Crippen molar-refractivity contribution in [2.24, 2.45) is 5.92 Å². The minimum atomic E-state index is -5.04. The van der Waals surface area contributed by atoms with Gasteiger partial charge in [-0.2, -0.15) is 13.2 Å². The van der Waals surface area contributed by atoms with Gasteiger partial charge in [-0.25, -0.2) is 4.79 Å². The lowest BCUT2D eigenvalue weighted by Crippen LogP contribution is -2.57. The van der Waals surface area contributed by atoms with E-state index >= 15 is 0 Å². The highest BCUT2D eigenvalue weighted by Crippen LogP contribution is 2.46. The Labute approximate surface area is 125 Å². The first-order valence-electron chi connectivity index (χ1n) is 6.61. The lowest BCUT2D eigenvalue weighted by atomic mass is 9.97. The van der Waals surface area contributed by atoms with Crippen molar-refractivity contribution < 1.29 is 32.5 Å². The van der Waals surface area contributed by atoms with Crippen LogP contribution in [0.2, 0.25) is 0 Å². The Balaban J connectivity index is 2.59. The third-order valence-corrected chi connectivity index (χ3v) is 3.05. The van der Waals surface area contributed by atoms with Crippen LogP contribution in [0.15, 0.2) is 29.8 Å². The molecule has 0 amide bonds. The van der Waals surface area contributed by atoms with Crippen molar-refractivity contribution in [3.63, 3.8) is 0 Å². The summed E-state index contributed by atoms with van der Waals surface area (Å²) >= 11 is 0. The summed E-state index contributed by atoms with van der Waals surface area (Å²) in [6, 6.07) is 5.89. The van der Waals surface area contributed by atoms with Gasteiger partial charge in [0, 0.05) is 5.56 Å². The molecular weight excluding hydrogens is 301 g/mol.